The van der Waals surface area contributed by atoms with E-state index in [-0.39, 0.29) is 10.8 Å². The summed E-state index contributed by atoms with van der Waals surface area (Å²) >= 11 is 8.83. The number of alkyl halides is 3. The molecule has 1 aromatic rings. The van der Waals surface area contributed by atoms with E-state index in [4.69, 9.17) is 11.6 Å². The maximum Gasteiger partial charge on any atom is 0.401 e. The highest BCUT2D eigenvalue weighted by Crippen LogP contribution is 2.22. The molecule has 0 saturated heterocycles. The molecule has 4 nitrogen and oxygen atoms in total. The predicted octanol–water partition coefficient (Wildman–Crippen LogP) is 2.59. The zero-order chi connectivity index (χ0) is 13.8. The molecule has 0 bridgehead atoms. The number of aromatic nitrogens is 1. The smallest absolute Gasteiger partial charge is 0.322 e. The van der Waals surface area contributed by atoms with Gasteiger partial charge in [0.1, 0.15) is 0 Å². The summed E-state index contributed by atoms with van der Waals surface area (Å²) in [5.41, 5.74) is 0.227. The van der Waals surface area contributed by atoms with E-state index in [0.29, 0.717) is 4.47 Å². The number of anilines is 1. The summed E-state index contributed by atoms with van der Waals surface area (Å²) in [6, 6.07) is 1.50. The Balaban J connectivity index is 2.47. The van der Waals surface area contributed by atoms with Crippen molar-refractivity contribution in [2.45, 2.75) is 6.18 Å². The molecule has 0 aliphatic rings. The van der Waals surface area contributed by atoms with Crippen LogP contribution in [0.4, 0.5) is 18.9 Å². The zero-order valence-electron chi connectivity index (χ0n) is 8.81. The number of carbonyl (C=O) groups is 1. The SMILES string of the molecule is O=C(CNCC(F)(F)F)Nc1cc(Br)cnc1Cl. The Morgan fingerprint density at radius 1 is 1.50 bits per heavy atom. The third-order valence-electron chi connectivity index (χ3n) is 1.69. The molecule has 9 heteroatoms. The van der Waals surface area contributed by atoms with Gasteiger partial charge < -0.3 is 10.6 Å². The minimum Gasteiger partial charge on any atom is -0.322 e. The van der Waals surface area contributed by atoms with Crippen LogP contribution in [0.1, 0.15) is 0 Å². The molecule has 18 heavy (non-hydrogen) atoms. The molecular weight excluding hydrogens is 338 g/mol. The minimum atomic E-state index is -4.35. The van der Waals surface area contributed by atoms with Crippen LogP contribution >= 0.6 is 27.5 Å². The van der Waals surface area contributed by atoms with E-state index >= 15 is 0 Å². The van der Waals surface area contributed by atoms with E-state index in [1.807, 2.05) is 5.32 Å². The third kappa shape index (κ3) is 5.65. The molecule has 0 aliphatic carbocycles. The highest BCUT2D eigenvalue weighted by Gasteiger charge is 2.26. The summed E-state index contributed by atoms with van der Waals surface area (Å²) in [5.74, 6) is -0.638. The average molecular weight is 347 g/mol. The largest absolute Gasteiger partial charge is 0.401 e. The summed E-state index contributed by atoms with van der Waals surface area (Å²) in [6.07, 6.45) is -2.92. The Hall–Kier alpha value is -0.860. The Labute approximate surface area is 114 Å². The van der Waals surface area contributed by atoms with E-state index < -0.39 is 25.2 Å². The normalized spacial score (nSPS) is 11.4. The highest BCUT2D eigenvalue weighted by atomic mass is 79.9. The number of nitrogens with zero attached hydrogens (tertiary/aromatic N) is 1. The van der Waals surface area contributed by atoms with E-state index in [2.05, 4.69) is 26.2 Å². The van der Waals surface area contributed by atoms with Crippen LogP contribution in [0.25, 0.3) is 0 Å². The number of hydrogen-bond donors (Lipinski definition) is 2. The van der Waals surface area contributed by atoms with Crippen LogP contribution in [0.15, 0.2) is 16.7 Å². The molecule has 2 N–H and O–H groups in total. The number of carbonyl (C=O) groups excluding carboxylic acids is 1. The van der Waals surface area contributed by atoms with E-state index in [1.165, 1.54) is 12.3 Å². The molecular formula is C9H8BrClF3N3O. The van der Waals surface area contributed by atoms with E-state index in [0.717, 1.165) is 0 Å². The quantitative estimate of drug-likeness (QED) is 0.824. The van der Waals surface area contributed by atoms with Gasteiger partial charge >= 0.3 is 6.18 Å². The van der Waals surface area contributed by atoms with Crippen molar-refractivity contribution in [3.63, 3.8) is 0 Å². The molecule has 0 unspecified atom stereocenters. The molecule has 1 amide bonds. The molecule has 0 fully saturated rings. The van der Waals surface area contributed by atoms with Crippen LogP contribution in [0.3, 0.4) is 0 Å². The maximum absolute atomic E-state index is 11.8. The van der Waals surface area contributed by atoms with Gasteiger partial charge in [-0.25, -0.2) is 4.98 Å². The van der Waals surface area contributed by atoms with Crippen molar-refractivity contribution >= 4 is 39.1 Å². The second-order valence-electron chi connectivity index (χ2n) is 3.26. The van der Waals surface area contributed by atoms with Gasteiger partial charge in [0.25, 0.3) is 0 Å². The van der Waals surface area contributed by atoms with Crippen molar-refractivity contribution in [3.8, 4) is 0 Å². The number of pyridine rings is 1. The monoisotopic (exact) mass is 345 g/mol. The Morgan fingerprint density at radius 2 is 2.17 bits per heavy atom. The minimum absolute atomic E-state index is 0.0578. The molecule has 0 atom stereocenters. The molecule has 1 rings (SSSR count). The standard InChI is InChI=1S/C9H8BrClF3N3O/c10-5-1-6(8(11)16-2-5)17-7(18)3-15-4-9(12,13)14/h1-2,15H,3-4H2,(H,17,18). The van der Waals surface area contributed by atoms with Crippen molar-refractivity contribution in [1.29, 1.82) is 0 Å². The second-order valence-corrected chi connectivity index (χ2v) is 4.53. The van der Waals surface area contributed by atoms with Gasteiger partial charge in [0.15, 0.2) is 5.15 Å². The molecule has 0 aromatic carbocycles. The van der Waals surface area contributed by atoms with Crippen molar-refractivity contribution in [2.24, 2.45) is 0 Å². The fraction of sp³-hybridized carbons (Fsp3) is 0.333. The lowest BCUT2D eigenvalue weighted by molar-refractivity contribution is -0.126. The first kappa shape index (κ1) is 15.2. The number of amides is 1. The van der Waals surface area contributed by atoms with Gasteiger partial charge in [0.05, 0.1) is 18.8 Å². The molecule has 1 heterocycles. The van der Waals surface area contributed by atoms with Crippen molar-refractivity contribution in [1.82, 2.24) is 10.3 Å². The Kier molecular flexibility index (Phi) is 5.36. The summed E-state index contributed by atoms with van der Waals surface area (Å²) in [4.78, 5) is 15.1. The number of hydrogen-bond acceptors (Lipinski definition) is 3. The molecule has 0 saturated carbocycles. The van der Waals surface area contributed by atoms with Gasteiger partial charge in [-0.2, -0.15) is 13.2 Å². The third-order valence-corrected chi connectivity index (χ3v) is 2.43. The van der Waals surface area contributed by atoms with Gasteiger partial charge in [0.2, 0.25) is 5.91 Å². The first-order chi connectivity index (χ1) is 8.28. The van der Waals surface area contributed by atoms with Crippen LogP contribution in [-0.2, 0) is 4.79 Å². The maximum atomic E-state index is 11.8. The molecule has 100 valence electrons. The molecule has 0 aliphatic heterocycles. The highest BCUT2D eigenvalue weighted by molar-refractivity contribution is 9.10. The molecule has 0 radical (unpaired) electrons. The fourth-order valence-corrected chi connectivity index (χ4v) is 1.50. The number of halogens is 5. The predicted molar refractivity (Wildman–Crippen MR) is 64.5 cm³/mol. The summed E-state index contributed by atoms with van der Waals surface area (Å²) < 4.78 is 36.0. The van der Waals surface area contributed by atoms with Crippen LogP contribution in [0.2, 0.25) is 5.15 Å². The summed E-state index contributed by atoms with van der Waals surface area (Å²) in [6.45, 7) is -1.70. The van der Waals surface area contributed by atoms with E-state index in [9.17, 15) is 18.0 Å². The lowest BCUT2D eigenvalue weighted by Gasteiger charge is -2.09. The zero-order valence-corrected chi connectivity index (χ0v) is 11.2. The number of rotatable bonds is 4. The fourth-order valence-electron chi connectivity index (χ4n) is 1.02. The van der Waals surface area contributed by atoms with Crippen LogP contribution in [0.5, 0.6) is 0 Å². The van der Waals surface area contributed by atoms with Crippen molar-refractivity contribution in [2.75, 3.05) is 18.4 Å². The van der Waals surface area contributed by atoms with Gasteiger partial charge in [-0.15, -0.1) is 0 Å². The van der Waals surface area contributed by atoms with E-state index in [1.54, 1.807) is 0 Å². The van der Waals surface area contributed by atoms with Crippen molar-refractivity contribution < 1.29 is 18.0 Å². The topological polar surface area (TPSA) is 54.0 Å². The second kappa shape index (κ2) is 6.35. The van der Waals surface area contributed by atoms with Crippen LogP contribution < -0.4 is 10.6 Å². The lowest BCUT2D eigenvalue weighted by atomic mass is 10.4. The van der Waals surface area contributed by atoms with Crippen LogP contribution in [0, 0.1) is 0 Å². The Bertz CT molecular complexity index is 442. The van der Waals surface area contributed by atoms with Gasteiger partial charge in [-0.05, 0) is 22.0 Å². The van der Waals surface area contributed by atoms with Gasteiger partial charge in [0, 0.05) is 10.7 Å². The average Bonchev–Trinajstić information content (AvgIpc) is 2.21. The molecule has 0 spiro atoms. The number of nitrogens with one attached hydrogen (secondary N) is 2. The molecule has 1 aromatic heterocycles. The van der Waals surface area contributed by atoms with Crippen molar-refractivity contribution in [3.05, 3.63) is 21.9 Å². The first-order valence-electron chi connectivity index (χ1n) is 4.66. The lowest BCUT2D eigenvalue weighted by Crippen LogP contribution is -2.35. The summed E-state index contributed by atoms with van der Waals surface area (Å²) in [5, 5.41) is 4.37. The van der Waals surface area contributed by atoms with Gasteiger partial charge in [-0.1, -0.05) is 11.6 Å². The summed E-state index contributed by atoms with van der Waals surface area (Å²) in [7, 11) is 0. The van der Waals surface area contributed by atoms with Gasteiger partial charge in [-0.3, -0.25) is 4.79 Å². The Morgan fingerprint density at radius 3 is 2.78 bits per heavy atom. The van der Waals surface area contributed by atoms with Crippen LogP contribution in [-0.4, -0.2) is 30.2 Å². The first-order valence-corrected chi connectivity index (χ1v) is 5.83.